The summed E-state index contributed by atoms with van der Waals surface area (Å²) in [4.78, 5) is 18.2. The average molecular weight is 587 g/mol. The van der Waals surface area contributed by atoms with Crippen molar-refractivity contribution in [3.05, 3.63) is 89.0 Å². The quantitative estimate of drug-likeness (QED) is 0.200. The van der Waals surface area contributed by atoms with Crippen LogP contribution >= 0.6 is 0 Å². The van der Waals surface area contributed by atoms with Crippen molar-refractivity contribution < 1.29 is 27.1 Å². The van der Waals surface area contributed by atoms with E-state index in [2.05, 4.69) is 4.72 Å². The number of methoxy groups -OCH3 is 1. The maximum atomic E-state index is 13.1. The van der Waals surface area contributed by atoms with Crippen molar-refractivity contribution >= 4 is 37.9 Å². The van der Waals surface area contributed by atoms with Crippen LogP contribution in [-0.4, -0.2) is 32.0 Å². The molecule has 0 saturated heterocycles. The monoisotopic (exact) mass is 586 g/mol. The smallest absolute Gasteiger partial charge is 0.338 e. The number of para-hydroxylation sites is 1. The van der Waals surface area contributed by atoms with Crippen molar-refractivity contribution in [2.75, 3.05) is 7.11 Å². The van der Waals surface area contributed by atoms with Crippen LogP contribution in [-0.2, 0) is 14.8 Å². The Morgan fingerprint density at radius 1 is 1.00 bits per heavy atom. The van der Waals surface area contributed by atoms with Crippen LogP contribution in [0, 0.1) is 13.8 Å². The summed E-state index contributed by atoms with van der Waals surface area (Å²) in [5.41, 5.74) is 4.09. The Balaban J connectivity index is 1.56. The summed E-state index contributed by atoms with van der Waals surface area (Å²) >= 11 is 0. The molecule has 0 spiro atoms. The number of rotatable bonds is 7. The standard InChI is InChI=1S/C33H34N2O6S/c1-19-12-17-28(40-21(3)22-13-15-23(16-14-22)42(37,38)35-33(4,5)6)29-25(32(36)39-7)18-26(34-30(19)29)31-20(2)24-10-8-9-11-27(24)41-31/h8-18,21,35H,1-7H3. The Morgan fingerprint density at radius 2 is 1.69 bits per heavy atom. The number of esters is 1. The Kier molecular flexibility index (Phi) is 7.59. The number of aromatic nitrogens is 1. The zero-order valence-electron chi connectivity index (χ0n) is 24.7. The molecule has 0 amide bonds. The molecule has 1 unspecified atom stereocenters. The number of nitrogens with one attached hydrogen (secondary N) is 1. The third-order valence-corrected chi connectivity index (χ3v) is 8.78. The van der Waals surface area contributed by atoms with Gasteiger partial charge in [0.05, 0.1) is 28.5 Å². The number of ether oxygens (including phenoxy) is 2. The van der Waals surface area contributed by atoms with E-state index in [4.69, 9.17) is 18.9 Å². The highest BCUT2D eigenvalue weighted by Crippen LogP contribution is 2.38. The summed E-state index contributed by atoms with van der Waals surface area (Å²) in [6.45, 7) is 11.1. The van der Waals surface area contributed by atoms with Crippen molar-refractivity contribution in [2.24, 2.45) is 0 Å². The molecule has 2 aromatic heterocycles. The zero-order valence-corrected chi connectivity index (χ0v) is 25.5. The fraction of sp³-hybridized carbons (Fsp3) is 0.273. The normalized spacial score (nSPS) is 12.9. The fourth-order valence-corrected chi connectivity index (χ4v) is 6.40. The SMILES string of the molecule is COC(=O)c1cc(-c2oc3ccccc3c2C)nc2c(C)ccc(OC(C)c3ccc(S(=O)(=O)NC(C)(C)C)cc3)c12. The summed E-state index contributed by atoms with van der Waals surface area (Å²) in [6, 6.07) is 19.7. The van der Waals surface area contributed by atoms with Crippen LogP contribution < -0.4 is 9.46 Å². The maximum Gasteiger partial charge on any atom is 0.338 e. The van der Waals surface area contributed by atoms with Gasteiger partial charge in [0.25, 0.3) is 0 Å². The van der Waals surface area contributed by atoms with Gasteiger partial charge in [0, 0.05) is 16.5 Å². The van der Waals surface area contributed by atoms with Crippen LogP contribution in [0.2, 0.25) is 0 Å². The maximum absolute atomic E-state index is 13.1. The van der Waals surface area contributed by atoms with E-state index in [-0.39, 0.29) is 4.90 Å². The minimum Gasteiger partial charge on any atom is -0.485 e. The molecule has 0 aliphatic carbocycles. The Hall–Kier alpha value is -4.21. The number of hydrogen-bond acceptors (Lipinski definition) is 7. The summed E-state index contributed by atoms with van der Waals surface area (Å²) < 4.78 is 45.8. The number of benzene rings is 3. The molecule has 0 fully saturated rings. The number of sulfonamides is 1. The topological polar surface area (TPSA) is 108 Å². The van der Waals surface area contributed by atoms with Gasteiger partial charge in [-0.3, -0.25) is 0 Å². The molecular weight excluding hydrogens is 552 g/mol. The van der Waals surface area contributed by atoms with E-state index in [0.29, 0.717) is 33.7 Å². The number of carbonyl (C=O) groups is 1. The van der Waals surface area contributed by atoms with Gasteiger partial charge in [-0.1, -0.05) is 36.4 Å². The summed E-state index contributed by atoms with van der Waals surface area (Å²) in [6.07, 6.45) is -0.467. The molecule has 0 bridgehead atoms. The highest BCUT2D eigenvalue weighted by atomic mass is 32.2. The molecular formula is C33H34N2O6S. The van der Waals surface area contributed by atoms with E-state index < -0.39 is 27.6 Å². The molecule has 0 aliphatic rings. The van der Waals surface area contributed by atoms with E-state index in [0.717, 1.165) is 27.7 Å². The van der Waals surface area contributed by atoms with Crippen LogP contribution in [0.15, 0.2) is 76.0 Å². The van der Waals surface area contributed by atoms with Crippen LogP contribution in [0.3, 0.4) is 0 Å². The molecule has 9 heteroatoms. The molecule has 2 heterocycles. The molecule has 3 aromatic carbocycles. The minimum atomic E-state index is -3.67. The van der Waals surface area contributed by atoms with E-state index in [1.807, 2.05) is 51.1 Å². The predicted octanol–water partition coefficient (Wildman–Crippen LogP) is 7.27. The van der Waals surface area contributed by atoms with Gasteiger partial charge in [-0.2, -0.15) is 0 Å². The Bertz CT molecular complexity index is 1920. The first-order chi connectivity index (χ1) is 19.8. The second-order valence-corrected chi connectivity index (χ2v) is 13.1. The minimum absolute atomic E-state index is 0.166. The first-order valence-electron chi connectivity index (χ1n) is 13.6. The van der Waals surface area contributed by atoms with Crippen LogP contribution in [0.1, 0.15) is 60.8 Å². The Morgan fingerprint density at radius 3 is 2.33 bits per heavy atom. The fourth-order valence-electron chi connectivity index (χ4n) is 4.99. The predicted molar refractivity (Wildman–Crippen MR) is 163 cm³/mol. The van der Waals surface area contributed by atoms with Crippen LogP contribution in [0.5, 0.6) is 5.75 Å². The van der Waals surface area contributed by atoms with Gasteiger partial charge in [0.15, 0.2) is 5.76 Å². The van der Waals surface area contributed by atoms with Gasteiger partial charge in [-0.25, -0.2) is 22.9 Å². The second kappa shape index (κ2) is 10.9. The van der Waals surface area contributed by atoms with Gasteiger partial charge in [-0.05, 0) is 83.0 Å². The second-order valence-electron chi connectivity index (χ2n) is 11.4. The highest BCUT2D eigenvalue weighted by molar-refractivity contribution is 7.89. The summed E-state index contributed by atoms with van der Waals surface area (Å²) in [5.74, 6) is 0.509. The van der Waals surface area contributed by atoms with Gasteiger partial charge in [0.1, 0.15) is 23.1 Å². The molecule has 218 valence electrons. The molecule has 42 heavy (non-hydrogen) atoms. The first-order valence-corrected chi connectivity index (χ1v) is 15.1. The van der Waals surface area contributed by atoms with Gasteiger partial charge >= 0.3 is 5.97 Å². The lowest BCUT2D eigenvalue weighted by Crippen LogP contribution is -2.40. The number of carbonyl (C=O) groups excluding carboxylic acids is 1. The van der Waals surface area contributed by atoms with E-state index in [1.54, 1.807) is 57.2 Å². The molecule has 1 N–H and O–H groups in total. The molecule has 8 nitrogen and oxygen atoms in total. The number of hydrogen-bond donors (Lipinski definition) is 1. The van der Waals surface area contributed by atoms with Gasteiger partial charge < -0.3 is 13.9 Å². The molecule has 1 atom stereocenters. The summed E-state index contributed by atoms with van der Waals surface area (Å²) in [7, 11) is -2.33. The van der Waals surface area contributed by atoms with Crippen molar-refractivity contribution in [1.29, 1.82) is 0 Å². The van der Waals surface area contributed by atoms with Crippen LogP contribution in [0.25, 0.3) is 33.3 Å². The zero-order chi connectivity index (χ0) is 30.4. The first kappa shape index (κ1) is 29.3. The van der Waals surface area contributed by atoms with E-state index in [9.17, 15) is 13.2 Å². The number of aryl methyl sites for hydroxylation is 2. The van der Waals surface area contributed by atoms with Crippen molar-refractivity contribution in [1.82, 2.24) is 9.71 Å². The van der Waals surface area contributed by atoms with Gasteiger partial charge in [0.2, 0.25) is 10.0 Å². The lowest BCUT2D eigenvalue weighted by atomic mass is 10.0. The lowest BCUT2D eigenvalue weighted by Gasteiger charge is -2.21. The number of nitrogens with zero attached hydrogens (tertiary/aromatic N) is 1. The largest absolute Gasteiger partial charge is 0.485 e. The van der Waals surface area contributed by atoms with Crippen molar-refractivity contribution in [3.8, 4) is 17.2 Å². The lowest BCUT2D eigenvalue weighted by molar-refractivity contribution is 0.0602. The molecule has 0 radical (unpaired) electrons. The molecule has 0 saturated carbocycles. The molecule has 0 aliphatic heterocycles. The number of furan rings is 1. The van der Waals surface area contributed by atoms with Crippen molar-refractivity contribution in [2.45, 2.75) is 58.1 Å². The Labute approximate surface area is 245 Å². The third kappa shape index (κ3) is 5.62. The third-order valence-electron chi connectivity index (χ3n) is 7.01. The number of pyridine rings is 1. The molecule has 5 rings (SSSR count). The van der Waals surface area contributed by atoms with Gasteiger partial charge in [-0.15, -0.1) is 0 Å². The van der Waals surface area contributed by atoms with E-state index >= 15 is 0 Å². The number of fused-ring (bicyclic) bond motifs is 2. The van der Waals surface area contributed by atoms with E-state index in [1.165, 1.54) is 7.11 Å². The highest BCUT2D eigenvalue weighted by Gasteiger charge is 2.25. The van der Waals surface area contributed by atoms with Crippen LogP contribution in [0.4, 0.5) is 0 Å². The average Bonchev–Trinajstić information content (AvgIpc) is 3.28. The van der Waals surface area contributed by atoms with Crippen molar-refractivity contribution in [3.63, 3.8) is 0 Å². The molecule has 5 aromatic rings. The summed E-state index contributed by atoms with van der Waals surface area (Å²) in [5, 5.41) is 1.50.